The fourth-order valence-electron chi connectivity index (χ4n) is 2.82. The van der Waals surface area contributed by atoms with Crippen LogP contribution in [0.4, 0.5) is 0 Å². The van der Waals surface area contributed by atoms with Gasteiger partial charge in [0.1, 0.15) is 11.2 Å². The third-order valence-electron chi connectivity index (χ3n) is 3.83. The van der Waals surface area contributed by atoms with E-state index in [-0.39, 0.29) is 0 Å². The van der Waals surface area contributed by atoms with Crippen LogP contribution < -0.4 is 0 Å². The Kier molecular flexibility index (Phi) is 2.16. The maximum absolute atomic E-state index is 5.92. The molecule has 0 unspecified atom stereocenters. The van der Waals surface area contributed by atoms with E-state index in [4.69, 9.17) is 4.42 Å². The summed E-state index contributed by atoms with van der Waals surface area (Å²) in [5.41, 5.74) is 3.31. The molecule has 1 aromatic heterocycles. The van der Waals surface area contributed by atoms with Crippen molar-refractivity contribution in [2.75, 3.05) is 0 Å². The summed E-state index contributed by atoms with van der Waals surface area (Å²) < 4.78 is 5.92. The van der Waals surface area contributed by atoms with E-state index in [2.05, 4.69) is 49.4 Å². The minimum atomic E-state index is 0.963. The molecule has 19 heavy (non-hydrogen) atoms. The molecule has 1 heteroatoms. The van der Waals surface area contributed by atoms with Gasteiger partial charge in [0.25, 0.3) is 0 Å². The number of benzene rings is 3. The summed E-state index contributed by atoms with van der Waals surface area (Å²) in [7, 11) is 0. The highest BCUT2D eigenvalue weighted by Gasteiger charge is 2.09. The molecule has 4 rings (SSSR count). The van der Waals surface area contributed by atoms with E-state index in [1.807, 2.05) is 12.1 Å². The Morgan fingerprint density at radius 2 is 1.74 bits per heavy atom. The molecular formula is C18H14O. The molecule has 0 saturated carbocycles. The van der Waals surface area contributed by atoms with Crippen LogP contribution in [0.1, 0.15) is 12.5 Å². The zero-order valence-electron chi connectivity index (χ0n) is 10.8. The van der Waals surface area contributed by atoms with Gasteiger partial charge in [-0.2, -0.15) is 0 Å². The van der Waals surface area contributed by atoms with Crippen LogP contribution in [0.3, 0.4) is 0 Å². The van der Waals surface area contributed by atoms with Crippen molar-refractivity contribution in [3.63, 3.8) is 0 Å². The molecule has 0 aliphatic heterocycles. The Hall–Kier alpha value is -2.28. The molecule has 0 aliphatic rings. The van der Waals surface area contributed by atoms with Gasteiger partial charge < -0.3 is 4.42 Å². The summed E-state index contributed by atoms with van der Waals surface area (Å²) in [6.45, 7) is 2.19. The number of hydrogen-bond acceptors (Lipinski definition) is 1. The summed E-state index contributed by atoms with van der Waals surface area (Å²) in [4.78, 5) is 0. The first-order valence-corrected chi connectivity index (χ1v) is 6.69. The second kappa shape index (κ2) is 3.86. The Labute approximate surface area is 111 Å². The summed E-state index contributed by atoms with van der Waals surface area (Å²) in [5, 5.41) is 5.00. The van der Waals surface area contributed by atoms with Crippen molar-refractivity contribution in [2.24, 2.45) is 0 Å². The lowest BCUT2D eigenvalue weighted by molar-refractivity contribution is 0.669. The van der Waals surface area contributed by atoms with Gasteiger partial charge in [0.2, 0.25) is 0 Å². The van der Waals surface area contributed by atoms with Crippen LogP contribution in [0, 0.1) is 0 Å². The smallest absolute Gasteiger partial charge is 0.136 e. The van der Waals surface area contributed by atoms with Gasteiger partial charge in [-0.15, -0.1) is 0 Å². The Morgan fingerprint density at radius 1 is 0.842 bits per heavy atom. The van der Waals surface area contributed by atoms with Gasteiger partial charge in [-0.25, -0.2) is 0 Å². The van der Waals surface area contributed by atoms with E-state index in [0.29, 0.717) is 0 Å². The standard InChI is InChI=1S/C18H14O/c1-2-12-7-9-14-13(11-12)8-10-17-18(14)15-5-3-4-6-16(15)19-17/h3-11H,2H2,1H3. The Bertz CT molecular complexity index is 899. The van der Waals surface area contributed by atoms with Crippen molar-refractivity contribution in [1.29, 1.82) is 0 Å². The molecule has 92 valence electrons. The zero-order valence-corrected chi connectivity index (χ0v) is 10.8. The molecule has 1 nitrogen and oxygen atoms in total. The van der Waals surface area contributed by atoms with Crippen molar-refractivity contribution in [2.45, 2.75) is 13.3 Å². The average molecular weight is 246 g/mol. The monoisotopic (exact) mass is 246 g/mol. The topological polar surface area (TPSA) is 13.1 Å². The highest BCUT2D eigenvalue weighted by molar-refractivity contribution is 6.18. The van der Waals surface area contributed by atoms with Crippen molar-refractivity contribution in [3.8, 4) is 0 Å². The Morgan fingerprint density at radius 3 is 2.63 bits per heavy atom. The maximum atomic E-state index is 5.92. The van der Waals surface area contributed by atoms with Crippen LogP contribution in [-0.2, 0) is 6.42 Å². The van der Waals surface area contributed by atoms with Crippen LogP contribution in [0.15, 0.2) is 59.0 Å². The predicted molar refractivity (Wildman–Crippen MR) is 80.6 cm³/mol. The molecule has 0 saturated heterocycles. The summed E-state index contributed by atoms with van der Waals surface area (Å²) in [5.74, 6) is 0. The van der Waals surface area contributed by atoms with Gasteiger partial charge in [-0.3, -0.25) is 0 Å². The number of furan rings is 1. The third kappa shape index (κ3) is 1.48. The number of aryl methyl sites for hydroxylation is 1. The summed E-state index contributed by atoms with van der Waals surface area (Å²) in [6, 6.07) is 19.2. The lowest BCUT2D eigenvalue weighted by Gasteiger charge is -2.02. The van der Waals surface area contributed by atoms with Gasteiger partial charge >= 0.3 is 0 Å². The largest absolute Gasteiger partial charge is 0.456 e. The van der Waals surface area contributed by atoms with Gasteiger partial charge in [0, 0.05) is 10.8 Å². The normalized spacial score (nSPS) is 11.6. The third-order valence-corrected chi connectivity index (χ3v) is 3.83. The molecular weight excluding hydrogens is 232 g/mol. The van der Waals surface area contributed by atoms with E-state index in [1.54, 1.807) is 0 Å². The minimum Gasteiger partial charge on any atom is -0.456 e. The fraction of sp³-hybridized carbons (Fsp3) is 0.111. The SMILES string of the molecule is CCc1ccc2c(ccc3oc4ccccc4c32)c1. The van der Waals surface area contributed by atoms with Crippen LogP contribution >= 0.6 is 0 Å². The summed E-state index contributed by atoms with van der Waals surface area (Å²) in [6.07, 6.45) is 1.07. The lowest BCUT2D eigenvalue weighted by atomic mass is 10.0. The van der Waals surface area contributed by atoms with Crippen LogP contribution in [0.2, 0.25) is 0 Å². The second-order valence-electron chi connectivity index (χ2n) is 4.95. The quantitative estimate of drug-likeness (QED) is 0.444. The van der Waals surface area contributed by atoms with Crippen LogP contribution in [0.5, 0.6) is 0 Å². The average Bonchev–Trinajstić information content (AvgIpc) is 2.85. The highest BCUT2D eigenvalue weighted by atomic mass is 16.3. The fourth-order valence-corrected chi connectivity index (χ4v) is 2.82. The van der Waals surface area contributed by atoms with Gasteiger partial charge in [0.15, 0.2) is 0 Å². The Balaban J connectivity index is 2.23. The molecule has 0 aliphatic carbocycles. The number of rotatable bonds is 1. The van der Waals surface area contributed by atoms with Crippen molar-refractivity contribution >= 4 is 32.7 Å². The maximum Gasteiger partial charge on any atom is 0.136 e. The van der Waals surface area contributed by atoms with E-state index in [9.17, 15) is 0 Å². The van der Waals surface area contributed by atoms with Crippen molar-refractivity contribution in [1.82, 2.24) is 0 Å². The van der Waals surface area contributed by atoms with E-state index < -0.39 is 0 Å². The molecule has 0 amide bonds. The molecule has 0 N–H and O–H groups in total. The molecule has 0 fully saturated rings. The minimum absolute atomic E-state index is 0.963. The number of hydrogen-bond donors (Lipinski definition) is 0. The van der Waals surface area contributed by atoms with Gasteiger partial charge in [-0.05, 0) is 34.9 Å². The molecule has 0 radical (unpaired) electrons. The highest BCUT2D eigenvalue weighted by Crippen LogP contribution is 2.34. The molecule has 4 aromatic rings. The van der Waals surface area contributed by atoms with E-state index in [1.165, 1.54) is 27.1 Å². The first kappa shape index (κ1) is 10.6. The molecule has 1 heterocycles. The molecule has 3 aromatic carbocycles. The van der Waals surface area contributed by atoms with Crippen molar-refractivity contribution in [3.05, 3.63) is 60.2 Å². The van der Waals surface area contributed by atoms with Gasteiger partial charge in [0.05, 0.1) is 0 Å². The van der Waals surface area contributed by atoms with E-state index >= 15 is 0 Å². The molecule has 0 spiro atoms. The van der Waals surface area contributed by atoms with Gasteiger partial charge in [-0.1, -0.05) is 49.4 Å². The van der Waals surface area contributed by atoms with Crippen LogP contribution in [0.25, 0.3) is 32.7 Å². The predicted octanol–water partition coefficient (Wildman–Crippen LogP) is 5.30. The molecule has 0 bridgehead atoms. The van der Waals surface area contributed by atoms with E-state index in [0.717, 1.165) is 17.6 Å². The number of para-hydroxylation sites is 1. The first-order valence-electron chi connectivity index (χ1n) is 6.69. The summed E-state index contributed by atoms with van der Waals surface area (Å²) >= 11 is 0. The zero-order chi connectivity index (χ0) is 12.8. The van der Waals surface area contributed by atoms with Crippen LogP contribution in [-0.4, -0.2) is 0 Å². The lowest BCUT2D eigenvalue weighted by Crippen LogP contribution is -1.81. The molecule has 0 atom stereocenters. The second-order valence-corrected chi connectivity index (χ2v) is 4.95. The number of fused-ring (bicyclic) bond motifs is 5. The van der Waals surface area contributed by atoms with Crippen molar-refractivity contribution < 1.29 is 4.42 Å². The first-order chi connectivity index (χ1) is 9.36.